The molecule has 0 fully saturated rings. The van der Waals surface area contributed by atoms with Gasteiger partial charge in [0.1, 0.15) is 12.4 Å². The minimum atomic E-state index is -0.482. The van der Waals surface area contributed by atoms with Crippen molar-refractivity contribution in [2.24, 2.45) is 5.41 Å². The van der Waals surface area contributed by atoms with Gasteiger partial charge in [0.25, 0.3) is 0 Å². The van der Waals surface area contributed by atoms with Gasteiger partial charge in [0.05, 0.1) is 13.2 Å². The van der Waals surface area contributed by atoms with Crippen molar-refractivity contribution in [1.82, 2.24) is 4.90 Å². The number of aliphatic hydroxyl groups excluding tert-OH is 2. The highest BCUT2D eigenvalue weighted by Gasteiger charge is 2.24. The zero-order valence-corrected chi connectivity index (χ0v) is 12.2. The van der Waals surface area contributed by atoms with Gasteiger partial charge >= 0.3 is 0 Å². The summed E-state index contributed by atoms with van der Waals surface area (Å²) in [5, 5.41) is 18.6. The average molecular weight is 277 g/mol. The Morgan fingerprint density at radius 1 is 1.25 bits per heavy atom. The van der Waals surface area contributed by atoms with Gasteiger partial charge in [-0.3, -0.25) is 0 Å². The van der Waals surface area contributed by atoms with Crippen LogP contribution >= 0.6 is 0 Å². The van der Waals surface area contributed by atoms with E-state index in [1.54, 1.807) is 0 Å². The second kappa shape index (κ2) is 7.91. The van der Waals surface area contributed by atoms with Crippen molar-refractivity contribution >= 4 is 0 Å². The molecular formula is C16H23NO3. The minimum absolute atomic E-state index is 0.0350. The van der Waals surface area contributed by atoms with E-state index in [0.717, 1.165) is 17.9 Å². The smallest absolute Gasteiger partial charge is 0.148 e. The van der Waals surface area contributed by atoms with Crippen LogP contribution < -0.4 is 4.74 Å². The largest absolute Gasteiger partial charge is 0.481 e. The number of hydrogen-bond donors (Lipinski definition) is 2. The molecule has 0 amide bonds. The first kappa shape index (κ1) is 16.5. The quantitative estimate of drug-likeness (QED) is 0.699. The van der Waals surface area contributed by atoms with E-state index < -0.39 is 5.41 Å². The summed E-state index contributed by atoms with van der Waals surface area (Å²) in [5.74, 6) is 3.18. The molecule has 0 spiro atoms. The number of ether oxygens (including phenoxy) is 1. The molecule has 0 aliphatic carbocycles. The van der Waals surface area contributed by atoms with Crippen LogP contribution in [-0.4, -0.2) is 48.5 Å². The molecule has 2 N–H and O–H groups in total. The highest BCUT2D eigenvalue weighted by Crippen LogP contribution is 2.18. The van der Waals surface area contributed by atoms with E-state index in [4.69, 9.17) is 11.2 Å². The Balaban J connectivity index is 2.54. The van der Waals surface area contributed by atoms with Gasteiger partial charge in [-0.05, 0) is 24.7 Å². The van der Waals surface area contributed by atoms with Crippen LogP contribution in [-0.2, 0) is 6.54 Å². The summed E-state index contributed by atoms with van der Waals surface area (Å²) < 4.78 is 5.31. The number of hydrogen-bond acceptors (Lipinski definition) is 4. The van der Waals surface area contributed by atoms with Crippen molar-refractivity contribution in [3.63, 3.8) is 0 Å². The molecule has 20 heavy (non-hydrogen) atoms. The predicted molar refractivity (Wildman–Crippen MR) is 79.4 cm³/mol. The summed E-state index contributed by atoms with van der Waals surface area (Å²) in [7, 11) is 1.96. The molecule has 110 valence electrons. The highest BCUT2D eigenvalue weighted by atomic mass is 16.5. The number of aliphatic hydroxyl groups is 2. The normalized spacial score (nSPS) is 11.4. The Morgan fingerprint density at radius 2 is 1.85 bits per heavy atom. The van der Waals surface area contributed by atoms with Crippen molar-refractivity contribution in [1.29, 1.82) is 0 Å². The zero-order chi connectivity index (χ0) is 15.0. The second-order valence-electron chi connectivity index (χ2n) is 5.44. The topological polar surface area (TPSA) is 52.9 Å². The van der Waals surface area contributed by atoms with Gasteiger partial charge in [-0.25, -0.2) is 0 Å². The summed E-state index contributed by atoms with van der Waals surface area (Å²) in [6, 6.07) is 7.74. The first-order valence-electron chi connectivity index (χ1n) is 6.58. The van der Waals surface area contributed by atoms with Crippen LogP contribution in [0.5, 0.6) is 5.75 Å². The Bertz CT molecular complexity index is 432. The summed E-state index contributed by atoms with van der Waals surface area (Å²) in [5.41, 5.74) is 0.656. The summed E-state index contributed by atoms with van der Waals surface area (Å²) in [4.78, 5) is 2.07. The van der Waals surface area contributed by atoms with Crippen molar-refractivity contribution in [3.05, 3.63) is 29.8 Å². The monoisotopic (exact) mass is 277 g/mol. The van der Waals surface area contributed by atoms with Crippen LogP contribution in [0.2, 0.25) is 0 Å². The van der Waals surface area contributed by atoms with Crippen LogP contribution in [0.4, 0.5) is 0 Å². The third kappa shape index (κ3) is 5.22. The fourth-order valence-electron chi connectivity index (χ4n) is 1.99. The minimum Gasteiger partial charge on any atom is -0.481 e. The molecule has 0 aromatic heterocycles. The molecule has 1 rings (SSSR count). The number of rotatable bonds is 8. The van der Waals surface area contributed by atoms with E-state index in [1.165, 1.54) is 0 Å². The molecule has 0 atom stereocenters. The van der Waals surface area contributed by atoms with Gasteiger partial charge in [-0.2, -0.15) is 0 Å². The van der Waals surface area contributed by atoms with Gasteiger partial charge in [0, 0.05) is 18.5 Å². The SMILES string of the molecule is C#CCOc1ccc(CN(C)CC(C)(CO)CO)cc1. The molecule has 0 aliphatic rings. The third-order valence-corrected chi connectivity index (χ3v) is 3.11. The molecule has 0 heterocycles. The fraction of sp³-hybridized carbons (Fsp3) is 0.500. The maximum Gasteiger partial charge on any atom is 0.148 e. The van der Waals surface area contributed by atoms with Crippen LogP contribution in [0, 0.1) is 17.8 Å². The summed E-state index contributed by atoms with van der Waals surface area (Å²) in [6.45, 7) is 3.42. The van der Waals surface area contributed by atoms with Crippen molar-refractivity contribution in [3.8, 4) is 18.1 Å². The molecule has 0 radical (unpaired) electrons. The van der Waals surface area contributed by atoms with Crippen molar-refractivity contribution < 1.29 is 14.9 Å². The molecule has 0 unspecified atom stereocenters. The molecule has 1 aromatic rings. The Kier molecular flexibility index (Phi) is 6.53. The molecule has 0 aliphatic heterocycles. The number of benzene rings is 1. The van der Waals surface area contributed by atoms with E-state index in [0.29, 0.717) is 6.54 Å². The zero-order valence-electron chi connectivity index (χ0n) is 12.2. The van der Waals surface area contributed by atoms with Gasteiger partial charge in [-0.1, -0.05) is 25.0 Å². The maximum atomic E-state index is 9.30. The van der Waals surface area contributed by atoms with Gasteiger partial charge < -0.3 is 19.8 Å². The molecule has 0 bridgehead atoms. The number of terminal acetylenes is 1. The molecule has 4 heteroatoms. The molecule has 0 saturated carbocycles. The van der Waals surface area contributed by atoms with E-state index in [2.05, 4.69) is 10.8 Å². The molecule has 0 saturated heterocycles. The van der Waals surface area contributed by atoms with E-state index in [1.807, 2.05) is 38.2 Å². The summed E-state index contributed by atoms with van der Waals surface area (Å²) in [6.07, 6.45) is 5.13. The lowest BCUT2D eigenvalue weighted by atomic mass is 9.92. The molecule has 4 nitrogen and oxygen atoms in total. The number of nitrogens with zero attached hydrogens (tertiary/aromatic N) is 1. The third-order valence-electron chi connectivity index (χ3n) is 3.11. The lowest BCUT2D eigenvalue weighted by Crippen LogP contribution is -2.38. The Labute approximate surface area is 121 Å². The second-order valence-corrected chi connectivity index (χ2v) is 5.44. The average Bonchev–Trinajstić information content (AvgIpc) is 2.46. The van der Waals surface area contributed by atoms with Crippen LogP contribution in [0.15, 0.2) is 24.3 Å². The first-order valence-corrected chi connectivity index (χ1v) is 6.58. The fourth-order valence-corrected chi connectivity index (χ4v) is 1.99. The van der Waals surface area contributed by atoms with Crippen LogP contribution in [0.3, 0.4) is 0 Å². The van der Waals surface area contributed by atoms with Gasteiger partial charge in [0.15, 0.2) is 0 Å². The standard InChI is InChI=1S/C16H23NO3/c1-4-9-20-15-7-5-14(6-8-15)10-17(3)11-16(2,12-18)13-19/h1,5-8,18-19H,9-13H2,2-3H3. The maximum absolute atomic E-state index is 9.30. The van der Waals surface area contributed by atoms with E-state index >= 15 is 0 Å². The van der Waals surface area contributed by atoms with Crippen molar-refractivity contribution in [2.45, 2.75) is 13.5 Å². The van der Waals surface area contributed by atoms with E-state index in [9.17, 15) is 10.2 Å². The lowest BCUT2D eigenvalue weighted by molar-refractivity contribution is 0.0402. The molecule has 1 aromatic carbocycles. The predicted octanol–water partition coefficient (Wildman–Crippen LogP) is 1.12. The van der Waals surface area contributed by atoms with Gasteiger partial charge in [-0.15, -0.1) is 6.42 Å². The van der Waals surface area contributed by atoms with Gasteiger partial charge in [0.2, 0.25) is 0 Å². The van der Waals surface area contributed by atoms with Crippen molar-refractivity contribution in [2.75, 3.05) is 33.4 Å². The molecular weight excluding hydrogens is 254 g/mol. The summed E-state index contributed by atoms with van der Waals surface area (Å²) >= 11 is 0. The van der Waals surface area contributed by atoms with Crippen LogP contribution in [0.1, 0.15) is 12.5 Å². The Hall–Kier alpha value is -1.54. The van der Waals surface area contributed by atoms with Crippen LogP contribution in [0.25, 0.3) is 0 Å². The highest BCUT2D eigenvalue weighted by molar-refractivity contribution is 5.27. The Morgan fingerprint density at radius 3 is 2.35 bits per heavy atom. The first-order chi connectivity index (χ1) is 9.53. The van der Waals surface area contributed by atoms with E-state index in [-0.39, 0.29) is 19.8 Å². The lowest BCUT2D eigenvalue weighted by Gasteiger charge is -2.30.